The number of rotatable bonds is 4. The molecule has 3 aliphatic rings. The molecule has 3 heterocycles. The number of nitrogens with one attached hydrogen (secondary N) is 1. The van der Waals surface area contributed by atoms with Gasteiger partial charge in [0.2, 0.25) is 0 Å². The van der Waals surface area contributed by atoms with Crippen LogP contribution in [0.15, 0.2) is 11.0 Å². The second kappa shape index (κ2) is 4.74. The van der Waals surface area contributed by atoms with Crippen LogP contribution in [0.5, 0.6) is 0 Å². The lowest BCUT2D eigenvalue weighted by atomic mass is 9.95. The quantitative estimate of drug-likeness (QED) is 0.923. The van der Waals surface area contributed by atoms with E-state index in [1.165, 1.54) is 12.8 Å². The minimum absolute atomic E-state index is 0.104. The van der Waals surface area contributed by atoms with Crippen molar-refractivity contribution in [2.24, 2.45) is 5.92 Å². The van der Waals surface area contributed by atoms with E-state index in [0.717, 1.165) is 19.3 Å². The number of nitrogens with zero attached hydrogens (tertiary/aromatic N) is 2. The van der Waals surface area contributed by atoms with Crippen molar-refractivity contribution in [2.75, 3.05) is 5.32 Å². The molecule has 0 radical (unpaired) electrons. The first-order valence-electron chi connectivity index (χ1n) is 7.38. The van der Waals surface area contributed by atoms with E-state index in [1.54, 1.807) is 10.9 Å². The Morgan fingerprint density at radius 3 is 2.90 bits per heavy atom. The van der Waals surface area contributed by atoms with Crippen molar-refractivity contribution in [3.8, 4) is 0 Å². The average molecular weight is 296 g/mol. The van der Waals surface area contributed by atoms with Gasteiger partial charge in [-0.3, -0.25) is 4.79 Å². The van der Waals surface area contributed by atoms with E-state index < -0.39 is 0 Å². The summed E-state index contributed by atoms with van der Waals surface area (Å²) in [5.74, 6) is 0.611. The lowest BCUT2D eigenvalue weighted by Crippen LogP contribution is -2.35. The smallest absolute Gasteiger partial charge is 0.291 e. The van der Waals surface area contributed by atoms with Gasteiger partial charge >= 0.3 is 0 Å². The van der Waals surface area contributed by atoms with Crippen molar-refractivity contribution in [2.45, 2.75) is 56.9 Å². The van der Waals surface area contributed by atoms with Crippen LogP contribution >= 0.6 is 11.6 Å². The highest BCUT2D eigenvalue weighted by atomic mass is 35.5. The van der Waals surface area contributed by atoms with E-state index >= 15 is 0 Å². The number of fused-ring (bicyclic) bond motifs is 2. The third-order valence-corrected chi connectivity index (χ3v) is 4.85. The number of aromatic nitrogens is 2. The summed E-state index contributed by atoms with van der Waals surface area (Å²) in [6.07, 6.45) is 7.71. The molecular weight excluding hydrogens is 278 g/mol. The van der Waals surface area contributed by atoms with Crippen LogP contribution in [0.2, 0.25) is 5.02 Å². The normalized spacial score (nSPS) is 31.8. The zero-order chi connectivity index (χ0) is 13.7. The molecule has 2 bridgehead atoms. The minimum Gasteiger partial charge on any atom is -0.374 e. The molecule has 6 heteroatoms. The summed E-state index contributed by atoms with van der Waals surface area (Å²) in [6.45, 7) is 0.706. The van der Waals surface area contributed by atoms with Crippen molar-refractivity contribution in [3.63, 3.8) is 0 Å². The average Bonchev–Trinajstić information content (AvgIpc) is 3.01. The Hall–Kier alpha value is -1.07. The maximum absolute atomic E-state index is 12.5. The van der Waals surface area contributed by atoms with Gasteiger partial charge in [0.25, 0.3) is 5.56 Å². The van der Waals surface area contributed by atoms with Crippen LogP contribution in [0.25, 0.3) is 0 Å². The third kappa shape index (κ3) is 2.23. The van der Waals surface area contributed by atoms with E-state index in [1.807, 2.05) is 0 Å². The standard InChI is InChI=1S/C14H18ClN3O2/c15-10-6-16-18(7-8-1-2-8)14(19)13(10)17-11-5-9-3-4-12(11)20-9/h6,8-9,11-12,17H,1-5,7H2. The highest BCUT2D eigenvalue weighted by Crippen LogP contribution is 2.36. The molecule has 2 aliphatic heterocycles. The molecule has 0 amide bonds. The van der Waals surface area contributed by atoms with E-state index in [-0.39, 0.29) is 17.7 Å². The summed E-state index contributed by atoms with van der Waals surface area (Å²) < 4.78 is 7.35. The van der Waals surface area contributed by atoms with E-state index in [9.17, 15) is 4.79 Å². The van der Waals surface area contributed by atoms with Gasteiger partial charge in [0.1, 0.15) is 5.69 Å². The van der Waals surface area contributed by atoms with Gasteiger partial charge in [-0.2, -0.15) is 5.10 Å². The van der Waals surface area contributed by atoms with Gasteiger partial charge in [-0.1, -0.05) is 11.6 Å². The summed E-state index contributed by atoms with van der Waals surface area (Å²) in [5, 5.41) is 7.86. The lowest BCUT2D eigenvalue weighted by Gasteiger charge is -2.21. The zero-order valence-corrected chi connectivity index (χ0v) is 12.0. The van der Waals surface area contributed by atoms with Crippen LogP contribution in [-0.2, 0) is 11.3 Å². The summed E-state index contributed by atoms with van der Waals surface area (Å²) in [7, 11) is 0. The largest absolute Gasteiger partial charge is 0.374 e. The summed E-state index contributed by atoms with van der Waals surface area (Å²) in [6, 6.07) is 0.204. The molecule has 1 aromatic rings. The molecule has 1 N–H and O–H groups in total. The van der Waals surface area contributed by atoms with E-state index in [4.69, 9.17) is 16.3 Å². The van der Waals surface area contributed by atoms with Crippen LogP contribution in [0, 0.1) is 5.92 Å². The number of hydrogen-bond donors (Lipinski definition) is 1. The Morgan fingerprint density at radius 1 is 1.40 bits per heavy atom. The summed E-state index contributed by atoms with van der Waals surface area (Å²) in [5.41, 5.74) is 0.385. The van der Waals surface area contributed by atoms with Crippen molar-refractivity contribution < 1.29 is 4.74 Å². The first-order valence-corrected chi connectivity index (χ1v) is 7.76. The maximum Gasteiger partial charge on any atom is 0.291 e. The number of anilines is 1. The predicted molar refractivity (Wildman–Crippen MR) is 76.2 cm³/mol. The van der Waals surface area contributed by atoms with E-state index in [0.29, 0.717) is 29.3 Å². The van der Waals surface area contributed by atoms with Crippen molar-refractivity contribution in [3.05, 3.63) is 21.6 Å². The minimum atomic E-state index is -0.104. The Morgan fingerprint density at radius 2 is 2.25 bits per heavy atom. The Bertz CT molecular complexity index is 584. The molecule has 1 saturated carbocycles. The molecule has 1 aromatic heterocycles. The summed E-state index contributed by atoms with van der Waals surface area (Å²) >= 11 is 6.16. The predicted octanol–water partition coefficient (Wildman–Crippen LogP) is 2.04. The molecule has 3 unspecified atom stereocenters. The van der Waals surface area contributed by atoms with Gasteiger partial charge in [0.05, 0.1) is 29.5 Å². The van der Waals surface area contributed by atoms with Crippen molar-refractivity contribution >= 4 is 17.3 Å². The van der Waals surface area contributed by atoms with Crippen LogP contribution < -0.4 is 10.9 Å². The van der Waals surface area contributed by atoms with Gasteiger partial charge < -0.3 is 10.1 Å². The fraction of sp³-hybridized carbons (Fsp3) is 0.714. The second-order valence-electron chi connectivity index (χ2n) is 6.16. The van der Waals surface area contributed by atoms with Gasteiger partial charge in [-0.05, 0) is 38.0 Å². The van der Waals surface area contributed by atoms with Crippen LogP contribution in [0.4, 0.5) is 5.69 Å². The molecule has 4 rings (SSSR count). The molecule has 2 saturated heterocycles. The van der Waals surface area contributed by atoms with Crippen LogP contribution in [0.3, 0.4) is 0 Å². The fourth-order valence-electron chi connectivity index (χ4n) is 3.25. The first kappa shape index (κ1) is 12.7. The van der Waals surface area contributed by atoms with Crippen molar-refractivity contribution in [1.29, 1.82) is 0 Å². The van der Waals surface area contributed by atoms with Gasteiger partial charge in [0.15, 0.2) is 0 Å². The molecule has 1 aliphatic carbocycles. The molecular formula is C14H18ClN3O2. The van der Waals surface area contributed by atoms with E-state index in [2.05, 4.69) is 10.4 Å². The molecule has 3 atom stereocenters. The molecule has 5 nitrogen and oxygen atoms in total. The molecule has 108 valence electrons. The topological polar surface area (TPSA) is 56.1 Å². The molecule has 20 heavy (non-hydrogen) atoms. The molecule has 0 spiro atoms. The highest BCUT2D eigenvalue weighted by Gasteiger charge is 2.41. The lowest BCUT2D eigenvalue weighted by molar-refractivity contribution is 0.102. The Labute approximate surface area is 122 Å². The van der Waals surface area contributed by atoms with Crippen LogP contribution in [-0.4, -0.2) is 28.0 Å². The first-order chi connectivity index (χ1) is 9.70. The van der Waals surface area contributed by atoms with Crippen LogP contribution in [0.1, 0.15) is 32.1 Å². The zero-order valence-electron chi connectivity index (χ0n) is 11.2. The Balaban J connectivity index is 1.58. The number of ether oxygens (including phenoxy) is 1. The highest BCUT2D eigenvalue weighted by molar-refractivity contribution is 6.33. The second-order valence-corrected chi connectivity index (χ2v) is 6.57. The number of halogens is 1. The van der Waals surface area contributed by atoms with Gasteiger partial charge in [0, 0.05) is 6.54 Å². The van der Waals surface area contributed by atoms with Crippen molar-refractivity contribution in [1.82, 2.24) is 9.78 Å². The Kier molecular flexibility index (Phi) is 3.00. The third-order valence-electron chi connectivity index (χ3n) is 4.56. The SMILES string of the molecule is O=c1c(NC2CC3CCC2O3)c(Cl)cnn1CC1CC1. The summed E-state index contributed by atoms with van der Waals surface area (Å²) in [4.78, 5) is 12.5. The molecule has 0 aromatic carbocycles. The van der Waals surface area contributed by atoms with Gasteiger partial charge in [-0.25, -0.2) is 4.68 Å². The maximum atomic E-state index is 12.5. The monoisotopic (exact) mass is 295 g/mol. The fourth-order valence-corrected chi connectivity index (χ4v) is 3.43. The number of hydrogen-bond acceptors (Lipinski definition) is 4. The molecule has 3 fully saturated rings. The van der Waals surface area contributed by atoms with Gasteiger partial charge in [-0.15, -0.1) is 0 Å².